The number of morpholine rings is 1. The monoisotopic (exact) mass is 377 g/mol. The van der Waals surface area contributed by atoms with Crippen LogP contribution in [0.2, 0.25) is 10.0 Å². The maximum absolute atomic E-state index is 12.6. The van der Waals surface area contributed by atoms with Crippen molar-refractivity contribution in [1.29, 1.82) is 0 Å². The van der Waals surface area contributed by atoms with Crippen LogP contribution >= 0.6 is 35.0 Å². The number of carboxylic acid groups (broad SMARTS) is 1. The van der Waals surface area contributed by atoms with Crippen molar-refractivity contribution in [1.82, 2.24) is 4.90 Å². The van der Waals surface area contributed by atoms with E-state index in [4.69, 9.17) is 33.0 Å². The standard InChI is InChI=1S/C15H17Cl2NO4S/c1-9(23-13-6-10(16)2-3-12(13)17)15(21)18-4-5-22-11(8-18)7-14(19)20/h2-3,6,9,11H,4-5,7-8H2,1H3,(H,19,20). The van der Waals surface area contributed by atoms with E-state index < -0.39 is 12.1 Å². The van der Waals surface area contributed by atoms with E-state index in [1.54, 1.807) is 30.0 Å². The number of halogens is 2. The molecule has 0 spiro atoms. The van der Waals surface area contributed by atoms with E-state index in [-0.39, 0.29) is 17.6 Å². The van der Waals surface area contributed by atoms with Crippen LogP contribution in [0.15, 0.2) is 23.1 Å². The highest BCUT2D eigenvalue weighted by Crippen LogP contribution is 2.33. The predicted molar refractivity (Wildman–Crippen MR) is 90.4 cm³/mol. The van der Waals surface area contributed by atoms with Gasteiger partial charge in [-0.3, -0.25) is 9.59 Å². The minimum Gasteiger partial charge on any atom is -0.481 e. The second kappa shape index (κ2) is 8.24. The number of carboxylic acids is 1. The fraction of sp³-hybridized carbons (Fsp3) is 0.467. The van der Waals surface area contributed by atoms with Gasteiger partial charge in [-0.25, -0.2) is 0 Å². The number of hydrogen-bond donors (Lipinski definition) is 1. The molecule has 1 aromatic rings. The number of ether oxygens (including phenoxy) is 1. The lowest BCUT2D eigenvalue weighted by molar-refractivity contribution is -0.147. The molecule has 0 aliphatic carbocycles. The fourth-order valence-electron chi connectivity index (χ4n) is 2.30. The topological polar surface area (TPSA) is 66.8 Å². The van der Waals surface area contributed by atoms with Gasteiger partial charge in [0.05, 0.1) is 29.4 Å². The normalized spacial score (nSPS) is 19.4. The zero-order valence-electron chi connectivity index (χ0n) is 12.5. The lowest BCUT2D eigenvalue weighted by Gasteiger charge is -2.33. The largest absolute Gasteiger partial charge is 0.481 e. The molecule has 0 radical (unpaired) electrons. The molecule has 0 bridgehead atoms. The van der Waals surface area contributed by atoms with Crippen LogP contribution in [0.5, 0.6) is 0 Å². The van der Waals surface area contributed by atoms with Crippen LogP contribution in [0.1, 0.15) is 13.3 Å². The maximum Gasteiger partial charge on any atom is 0.306 e. The van der Waals surface area contributed by atoms with Crippen LogP contribution in [-0.2, 0) is 14.3 Å². The molecule has 0 saturated carbocycles. The van der Waals surface area contributed by atoms with Gasteiger partial charge in [0.15, 0.2) is 0 Å². The second-order valence-corrected chi connectivity index (χ2v) is 7.44. The highest BCUT2D eigenvalue weighted by atomic mass is 35.5. The summed E-state index contributed by atoms with van der Waals surface area (Å²) in [5, 5.41) is 9.59. The summed E-state index contributed by atoms with van der Waals surface area (Å²) in [5.74, 6) is -0.998. The van der Waals surface area contributed by atoms with Crippen molar-refractivity contribution in [2.45, 2.75) is 29.6 Å². The van der Waals surface area contributed by atoms with Gasteiger partial charge in [0.25, 0.3) is 0 Å². The minimum absolute atomic E-state index is 0.0651. The van der Waals surface area contributed by atoms with Crippen molar-refractivity contribution < 1.29 is 19.4 Å². The summed E-state index contributed by atoms with van der Waals surface area (Å²) >= 11 is 13.4. The van der Waals surface area contributed by atoms with E-state index in [9.17, 15) is 9.59 Å². The van der Waals surface area contributed by atoms with Gasteiger partial charge in [-0.15, -0.1) is 11.8 Å². The van der Waals surface area contributed by atoms with Crippen LogP contribution in [0.3, 0.4) is 0 Å². The average Bonchev–Trinajstić information content (AvgIpc) is 2.49. The van der Waals surface area contributed by atoms with Gasteiger partial charge in [0, 0.05) is 23.0 Å². The molecule has 1 fully saturated rings. The number of carbonyl (C=O) groups excluding carboxylic acids is 1. The van der Waals surface area contributed by atoms with Crippen molar-refractivity contribution in [3.63, 3.8) is 0 Å². The number of amides is 1. The molecule has 1 aromatic carbocycles. The molecule has 23 heavy (non-hydrogen) atoms. The average molecular weight is 378 g/mol. The smallest absolute Gasteiger partial charge is 0.306 e. The van der Waals surface area contributed by atoms with Gasteiger partial charge >= 0.3 is 5.97 Å². The van der Waals surface area contributed by atoms with Crippen molar-refractivity contribution in [2.75, 3.05) is 19.7 Å². The molecule has 2 rings (SSSR count). The third-order valence-electron chi connectivity index (χ3n) is 3.40. The Morgan fingerprint density at radius 1 is 1.48 bits per heavy atom. The molecule has 1 aliphatic heterocycles. The first-order valence-electron chi connectivity index (χ1n) is 7.10. The Morgan fingerprint density at radius 3 is 2.91 bits per heavy atom. The molecule has 8 heteroatoms. The van der Waals surface area contributed by atoms with Crippen molar-refractivity contribution >= 4 is 46.8 Å². The van der Waals surface area contributed by atoms with Crippen molar-refractivity contribution in [3.8, 4) is 0 Å². The SMILES string of the molecule is CC(Sc1cc(Cl)ccc1Cl)C(=O)N1CCOC(CC(=O)O)C1. The molecular weight excluding hydrogens is 361 g/mol. The van der Waals surface area contributed by atoms with Crippen LogP contribution < -0.4 is 0 Å². The molecule has 1 aliphatic rings. The Balaban J connectivity index is 1.98. The summed E-state index contributed by atoms with van der Waals surface area (Å²) in [7, 11) is 0. The Bertz CT molecular complexity index is 599. The first-order valence-corrected chi connectivity index (χ1v) is 8.74. The number of hydrogen-bond acceptors (Lipinski definition) is 4. The molecule has 1 saturated heterocycles. The van der Waals surface area contributed by atoms with Crippen LogP contribution in [0, 0.1) is 0 Å². The minimum atomic E-state index is -0.933. The quantitative estimate of drug-likeness (QED) is 0.798. The van der Waals surface area contributed by atoms with Gasteiger partial charge in [-0.1, -0.05) is 23.2 Å². The summed E-state index contributed by atoms with van der Waals surface area (Å²) in [6.45, 7) is 2.90. The summed E-state index contributed by atoms with van der Waals surface area (Å²) in [6, 6.07) is 5.12. The number of nitrogens with zero attached hydrogens (tertiary/aromatic N) is 1. The predicted octanol–water partition coefficient (Wildman–Crippen LogP) is 3.18. The molecule has 1 N–H and O–H groups in total. The van der Waals surface area contributed by atoms with Crippen LogP contribution in [-0.4, -0.2) is 52.9 Å². The Labute approximate surface area is 148 Å². The van der Waals surface area contributed by atoms with Gasteiger partial charge < -0.3 is 14.7 Å². The Kier molecular flexibility index (Phi) is 6.59. The third-order valence-corrected chi connectivity index (χ3v) is 5.22. The fourth-order valence-corrected chi connectivity index (χ4v) is 3.80. The number of aliphatic carboxylic acids is 1. The van der Waals surface area contributed by atoms with E-state index in [1.807, 2.05) is 0 Å². The number of rotatable bonds is 5. The lowest BCUT2D eigenvalue weighted by Crippen LogP contribution is -2.48. The Morgan fingerprint density at radius 2 is 2.22 bits per heavy atom. The maximum atomic E-state index is 12.6. The van der Waals surface area contributed by atoms with E-state index in [2.05, 4.69) is 0 Å². The van der Waals surface area contributed by atoms with Crippen LogP contribution in [0.4, 0.5) is 0 Å². The highest BCUT2D eigenvalue weighted by Gasteiger charge is 2.29. The molecule has 0 aromatic heterocycles. The van der Waals surface area contributed by atoms with E-state index in [0.29, 0.717) is 29.7 Å². The second-order valence-electron chi connectivity index (χ2n) is 5.21. The number of benzene rings is 1. The van der Waals surface area contributed by atoms with Crippen LogP contribution in [0.25, 0.3) is 0 Å². The third kappa shape index (κ3) is 5.28. The Hall–Kier alpha value is -0.950. The molecule has 2 atom stereocenters. The summed E-state index contributed by atoms with van der Waals surface area (Å²) < 4.78 is 5.38. The molecule has 1 amide bonds. The van der Waals surface area contributed by atoms with E-state index in [1.165, 1.54) is 11.8 Å². The molecule has 5 nitrogen and oxygen atoms in total. The lowest BCUT2D eigenvalue weighted by atomic mass is 10.2. The van der Waals surface area contributed by atoms with Gasteiger partial charge in [-0.05, 0) is 25.1 Å². The van der Waals surface area contributed by atoms with Gasteiger partial charge in [0.2, 0.25) is 5.91 Å². The van der Waals surface area contributed by atoms with E-state index in [0.717, 1.165) is 4.90 Å². The molecule has 126 valence electrons. The molecular formula is C15H17Cl2NO4S. The first kappa shape index (κ1) is 18.4. The van der Waals surface area contributed by atoms with Crippen molar-refractivity contribution in [2.24, 2.45) is 0 Å². The molecule has 1 heterocycles. The number of carbonyl (C=O) groups is 2. The number of thioether (sulfide) groups is 1. The summed E-state index contributed by atoms with van der Waals surface area (Å²) in [6.07, 6.45) is -0.567. The summed E-state index contributed by atoms with van der Waals surface area (Å²) in [4.78, 5) is 25.7. The summed E-state index contributed by atoms with van der Waals surface area (Å²) in [5.41, 5.74) is 0. The zero-order chi connectivity index (χ0) is 17.0. The van der Waals surface area contributed by atoms with Gasteiger partial charge in [0.1, 0.15) is 0 Å². The molecule has 2 unspecified atom stereocenters. The van der Waals surface area contributed by atoms with Gasteiger partial charge in [-0.2, -0.15) is 0 Å². The highest BCUT2D eigenvalue weighted by molar-refractivity contribution is 8.00. The van der Waals surface area contributed by atoms with Crippen molar-refractivity contribution in [3.05, 3.63) is 28.2 Å². The van der Waals surface area contributed by atoms with E-state index >= 15 is 0 Å². The first-order chi connectivity index (χ1) is 10.9. The zero-order valence-corrected chi connectivity index (χ0v) is 14.8.